The highest BCUT2D eigenvalue weighted by Crippen LogP contribution is 2.31. The molecule has 0 bridgehead atoms. The van der Waals surface area contributed by atoms with E-state index in [1.165, 1.54) is 6.07 Å². The molecule has 15 heavy (non-hydrogen) atoms. The zero-order chi connectivity index (χ0) is 11.1. The summed E-state index contributed by atoms with van der Waals surface area (Å²) in [5.74, 6) is -0.00887. The second-order valence-electron chi connectivity index (χ2n) is 2.86. The highest BCUT2D eigenvalue weighted by atomic mass is 35.5. The molecule has 1 heterocycles. The molecule has 0 aliphatic rings. The third-order valence-corrected chi connectivity index (χ3v) is 2.40. The molecule has 0 fully saturated rings. The number of fused-ring (bicyclic) bond motifs is 1. The van der Waals surface area contributed by atoms with E-state index < -0.39 is 10.1 Å². The molecule has 0 amide bonds. The number of H-pyrrole nitrogens is 1. The Morgan fingerprint density at radius 3 is 2.80 bits per heavy atom. The largest absolute Gasteiger partial charge is 0.379 e. The van der Waals surface area contributed by atoms with Gasteiger partial charge in [0.1, 0.15) is 5.52 Å². The summed E-state index contributed by atoms with van der Waals surface area (Å²) < 4.78 is 26.7. The molecule has 2 aromatic rings. The predicted molar refractivity (Wildman–Crippen MR) is 54.4 cm³/mol. The Morgan fingerprint density at radius 2 is 2.13 bits per heavy atom. The predicted octanol–water partition coefficient (Wildman–Crippen LogP) is 0.950. The number of rotatable bonds is 2. The van der Waals surface area contributed by atoms with Crippen LogP contribution < -0.4 is 4.18 Å². The summed E-state index contributed by atoms with van der Waals surface area (Å²) in [6, 6.07) is 3.10. The Bertz CT molecular complexity index is 607. The van der Waals surface area contributed by atoms with Gasteiger partial charge in [0.05, 0.1) is 11.3 Å². The van der Waals surface area contributed by atoms with Crippen LogP contribution >= 0.6 is 11.6 Å². The topological polar surface area (TPSA) is 84.9 Å². The van der Waals surface area contributed by atoms with Gasteiger partial charge < -0.3 is 4.18 Å². The van der Waals surface area contributed by atoms with Crippen LogP contribution in [0.1, 0.15) is 0 Å². The van der Waals surface area contributed by atoms with E-state index in [1.54, 1.807) is 6.07 Å². The number of benzene rings is 1. The van der Waals surface area contributed by atoms with Gasteiger partial charge in [0.15, 0.2) is 11.3 Å². The lowest BCUT2D eigenvalue weighted by Crippen LogP contribution is -2.06. The normalized spacial score (nSPS) is 11.9. The zero-order valence-corrected chi connectivity index (χ0v) is 9.13. The lowest BCUT2D eigenvalue weighted by molar-refractivity contribution is 0.495. The van der Waals surface area contributed by atoms with E-state index in [9.17, 15) is 8.42 Å². The second kappa shape index (κ2) is 3.35. The van der Waals surface area contributed by atoms with Crippen molar-refractivity contribution in [2.75, 3.05) is 6.26 Å². The van der Waals surface area contributed by atoms with Crippen molar-refractivity contribution in [3.8, 4) is 5.75 Å². The molecule has 1 aromatic carbocycles. The molecule has 0 saturated heterocycles. The summed E-state index contributed by atoms with van der Waals surface area (Å²) in [5, 5.41) is 10.1. The van der Waals surface area contributed by atoms with Gasteiger partial charge in [-0.25, -0.2) is 0 Å². The van der Waals surface area contributed by atoms with Crippen molar-refractivity contribution >= 4 is 32.8 Å². The molecule has 1 N–H and O–H groups in total. The fourth-order valence-corrected chi connectivity index (χ4v) is 1.80. The van der Waals surface area contributed by atoms with Crippen LogP contribution in [0.4, 0.5) is 0 Å². The van der Waals surface area contributed by atoms with E-state index in [0.29, 0.717) is 5.52 Å². The first kappa shape index (κ1) is 10.2. The SMILES string of the molecule is CS(=O)(=O)Oc1c(Cl)ccc2n[nH]nc12. The van der Waals surface area contributed by atoms with Crippen LogP contribution in [-0.2, 0) is 10.1 Å². The average molecular weight is 248 g/mol. The van der Waals surface area contributed by atoms with Crippen LogP contribution in [0.25, 0.3) is 11.0 Å². The lowest BCUT2D eigenvalue weighted by atomic mass is 10.3. The number of hydrogen-bond acceptors (Lipinski definition) is 5. The Morgan fingerprint density at radius 1 is 1.40 bits per heavy atom. The van der Waals surface area contributed by atoms with Gasteiger partial charge in [-0.15, -0.1) is 0 Å². The lowest BCUT2D eigenvalue weighted by Gasteiger charge is -2.04. The van der Waals surface area contributed by atoms with E-state index >= 15 is 0 Å². The Balaban J connectivity index is 2.67. The first-order valence-corrected chi connectivity index (χ1v) is 6.05. The Labute approximate surface area is 90.3 Å². The Kier molecular flexibility index (Phi) is 2.28. The maximum absolute atomic E-state index is 11.0. The number of nitrogens with one attached hydrogen (secondary N) is 1. The standard InChI is InChI=1S/C7H6ClN3O3S/c1-15(12,13)14-7-4(8)2-3-5-6(7)10-11-9-5/h2-3H,1H3,(H,9,10,11). The van der Waals surface area contributed by atoms with Crippen LogP contribution in [0.5, 0.6) is 5.75 Å². The van der Waals surface area contributed by atoms with Crippen LogP contribution in [0.3, 0.4) is 0 Å². The summed E-state index contributed by atoms with van der Waals surface area (Å²) in [6.45, 7) is 0. The highest BCUT2D eigenvalue weighted by Gasteiger charge is 2.15. The maximum atomic E-state index is 11.0. The minimum Gasteiger partial charge on any atom is -0.379 e. The van der Waals surface area contributed by atoms with Gasteiger partial charge in [0.2, 0.25) is 0 Å². The summed E-state index contributed by atoms with van der Waals surface area (Å²) in [5.41, 5.74) is 0.769. The van der Waals surface area contributed by atoms with Crippen molar-refractivity contribution in [3.63, 3.8) is 0 Å². The number of hydrogen-bond donors (Lipinski definition) is 1. The van der Waals surface area contributed by atoms with Crippen LogP contribution in [-0.4, -0.2) is 30.1 Å². The number of nitrogens with zero attached hydrogens (tertiary/aromatic N) is 2. The molecule has 0 aliphatic heterocycles. The molecule has 80 valence electrons. The van der Waals surface area contributed by atoms with E-state index in [0.717, 1.165) is 6.26 Å². The molecule has 0 aliphatic carbocycles. The molecule has 0 atom stereocenters. The van der Waals surface area contributed by atoms with Crippen molar-refractivity contribution in [1.82, 2.24) is 15.4 Å². The van der Waals surface area contributed by atoms with Gasteiger partial charge in [-0.1, -0.05) is 11.6 Å². The number of halogens is 1. The van der Waals surface area contributed by atoms with Gasteiger partial charge in [0, 0.05) is 0 Å². The molecular formula is C7H6ClN3O3S. The minimum absolute atomic E-state index is 0.00887. The summed E-state index contributed by atoms with van der Waals surface area (Å²) in [6.07, 6.45) is 0.933. The minimum atomic E-state index is -3.64. The molecule has 1 aromatic heterocycles. The van der Waals surface area contributed by atoms with Gasteiger partial charge in [-0.2, -0.15) is 23.8 Å². The fraction of sp³-hybridized carbons (Fsp3) is 0.143. The number of aromatic amines is 1. The van der Waals surface area contributed by atoms with Crippen LogP contribution in [0.15, 0.2) is 12.1 Å². The zero-order valence-electron chi connectivity index (χ0n) is 7.56. The van der Waals surface area contributed by atoms with Crippen molar-refractivity contribution in [3.05, 3.63) is 17.2 Å². The van der Waals surface area contributed by atoms with Crippen molar-refractivity contribution in [2.45, 2.75) is 0 Å². The maximum Gasteiger partial charge on any atom is 0.306 e. The number of aromatic nitrogens is 3. The Hall–Kier alpha value is -1.34. The van der Waals surface area contributed by atoms with Gasteiger partial charge in [-0.3, -0.25) is 0 Å². The van der Waals surface area contributed by atoms with Crippen molar-refractivity contribution in [1.29, 1.82) is 0 Å². The summed E-state index contributed by atoms with van der Waals surface area (Å²) in [7, 11) is -3.64. The third-order valence-electron chi connectivity index (χ3n) is 1.63. The van der Waals surface area contributed by atoms with Gasteiger partial charge in [-0.05, 0) is 12.1 Å². The molecule has 0 radical (unpaired) electrons. The van der Waals surface area contributed by atoms with E-state index in [1.807, 2.05) is 0 Å². The third kappa shape index (κ3) is 2.02. The smallest absolute Gasteiger partial charge is 0.306 e. The van der Waals surface area contributed by atoms with Gasteiger partial charge in [0.25, 0.3) is 0 Å². The first-order valence-electron chi connectivity index (χ1n) is 3.86. The van der Waals surface area contributed by atoms with Crippen LogP contribution in [0, 0.1) is 0 Å². The molecule has 6 nitrogen and oxygen atoms in total. The molecule has 8 heteroatoms. The second-order valence-corrected chi connectivity index (χ2v) is 4.84. The van der Waals surface area contributed by atoms with Crippen LogP contribution in [0.2, 0.25) is 5.02 Å². The fourth-order valence-electron chi connectivity index (χ4n) is 1.09. The monoisotopic (exact) mass is 247 g/mol. The van der Waals surface area contributed by atoms with E-state index in [2.05, 4.69) is 15.4 Å². The molecular weight excluding hydrogens is 242 g/mol. The van der Waals surface area contributed by atoms with E-state index in [4.69, 9.17) is 15.8 Å². The summed E-state index contributed by atoms with van der Waals surface area (Å²) in [4.78, 5) is 0. The molecule has 0 unspecified atom stereocenters. The van der Waals surface area contributed by atoms with Crippen molar-refractivity contribution < 1.29 is 12.6 Å². The quantitative estimate of drug-likeness (QED) is 0.799. The van der Waals surface area contributed by atoms with E-state index in [-0.39, 0.29) is 16.3 Å². The van der Waals surface area contributed by atoms with Crippen molar-refractivity contribution in [2.24, 2.45) is 0 Å². The highest BCUT2D eigenvalue weighted by molar-refractivity contribution is 7.86. The summed E-state index contributed by atoms with van der Waals surface area (Å²) >= 11 is 5.80. The average Bonchev–Trinajstić information content (AvgIpc) is 2.56. The first-order chi connectivity index (χ1) is 6.97. The molecule has 2 rings (SSSR count). The molecule has 0 saturated carbocycles. The molecule has 0 spiro atoms. The van der Waals surface area contributed by atoms with Gasteiger partial charge >= 0.3 is 10.1 Å².